The van der Waals surface area contributed by atoms with E-state index in [0.29, 0.717) is 0 Å². The summed E-state index contributed by atoms with van der Waals surface area (Å²) in [5, 5.41) is 0. The van der Waals surface area contributed by atoms with Crippen LogP contribution in [0.3, 0.4) is 0 Å². The van der Waals surface area contributed by atoms with Gasteiger partial charge in [-0.15, -0.1) is 0 Å². The number of imidazole rings is 1. The lowest BCUT2D eigenvalue weighted by Gasteiger charge is -2.27. The van der Waals surface area contributed by atoms with Crippen LogP contribution in [0.1, 0.15) is 57.7 Å². The van der Waals surface area contributed by atoms with Gasteiger partial charge < -0.3 is 10.3 Å². The highest BCUT2D eigenvalue weighted by Gasteiger charge is 2.20. The lowest BCUT2D eigenvalue weighted by molar-refractivity contribution is 0.262. The average molecular weight is 235 g/mol. The molecular weight excluding hydrogens is 210 g/mol. The fraction of sp³-hybridized carbons (Fsp3) is 0.786. The molecule has 17 heavy (non-hydrogen) atoms. The molecule has 1 saturated carbocycles. The minimum Gasteiger partial charge on any atom is -0.333 e. The number of hydrogen-bond donors (Lipinski definition) is 1. The molecule has 0 aromatic carbocycles. The zero-order valence-corrected chi connectivity index (χ0v) is 11.1. The molecule has 0 spiro atoms. The van der Waals surface area contributed by atoms with E-state index >= 15 is 0 Å². The normalized spacial score (nSPS) is 27.0. The Morgan fingerprint density at radius 1 is 1.41 bits per heavy atom. The van der Waals surface area contributed by atoms with Crippen LogP contribution in [0.4, 0.5) is 0 Å². The summed E-state index contributed by atoms with van der Waals surface area (Å²) in [6.07, 6.45) is 10.3. The maximum atomic E-state index is 6.11. The van der Waals surface area contributed by atoms with Gasteiger partial charge in [-0.3, -0.25) is 0 Å². The third kappa shape index (κ3) is 3.09. The minimum absolute atomic E-state index is 0.139. The van der Waals surface area contributed by atoms with Gasteiger partial charge in [0.15, 0.2) is 0 Å². The Kier molecular flexibility index (Phi) is 4.21. The first-order valence-corrected chi connectivity index (χ1v) is 6.96. The van der Waals surface area contributed by atoms with Crippen molar-refractivity contribution in [1.82, 2.24) is 9.55 Å². The Balaban J connectivity index is 1.96. The summed E-state index contributed by atoms with van der Waals surface area (Å²) in [6, 6.07) is 0.139. The molecule has 0 saturated heterocycles. The SMILES string of the molecule is CC[C@@H](N)c1cncn1CC1CCC(C)CC1. The van der Waals surface area contributed by atoms with E-state index in [0.717, 1.165) is 24.8 Å². The van der Waals surface area contributed by atoms with Crippen molar-refractivity contribution in [3.8, 4) is 0 Å². The number of rotatable bonds is 4. The maximum Gasteiger partial charge on any atom is 0.0948 e. The first-order valence-electron chi connectivity index (χ1n) is 6.96. The van der Waals surface area contributed by atoms with E-state index in [1.807, 2.05) is 12.5 Å². The molecule has 1 fully saturated rings. The highest BCUT2D eigenvalue weighted by Crippen LogP contribution is 2.30. The van der Waals surface area contributed by atoms with E-state index in [4.69, 9.17) is 5.73 Å². The van der Waals surface area contributed by atoms with Gasteiger partial charge in [0.25, 0.3) is 0 Å². The van der Waals surface area contributed by atoms with Crippen LogP contribution in [0.2, 0.25) is 0 Å². The summed E-state index contributed by atoms with van der Waals surface area (Å²) in [5.41, 5.74) is 7.31. The topological polar surface area (TPSA) is 43.8 Å². The van der Waals surface area contributed by atoms with Crippen molar-refractivity contribution in [2.24, 2.45) is 17.6 Å². The van der Waals surface area contributed by atoms with Crippen LogP contribution in [-0.4, -0.2) is 9.55 Å². The molecule has 1 atom stereocenters. The van der Waals surface area contributed by atoms with Crippen molar-refractivity contribution in [3.63, 3.8) is 0 Å². The second kappa shape index (κ2) is 5.67. The van der Waals surface area contributed by atoms with Crippen LogP contribution in [0.5, 0.6) is 0 Å². The second-order valence-corrected chi connectivity index (χ2v) is 5.61. The molecule has 1 aliphatic carbocycles. The number of aromatic nitrogens is 2. The summed E-state index contributed by atoms with van der Waals surface area (Å²) >= 11 is 0. The summed E-state index contributed by atoms with van der Waals surface area (Å²) in [7, 11) is 0. The Labute approximate surface area is 104 Å². The Morgan fingerprint density at radius 3 is 2.76 bits per heavy atom. The smallest absolute Gasteiger partial charge is 0.0948 e. The Bertz CT molecular complexity index is 337. The molecule has 0 unspecified atom stereocenters. The monoisotopic (exact) mass is 235 g/mol. The zero-order chi connectivity index (χ0) is 12.3. The van der Waals surface area contributed by atoms with Crippen molar-refractivity contribution in [1.29, 1.82) is 0 Å². The summed E-state index contributed by atoms with van der Waals surface area (Å²) in [5.74, 6) is 1.75. The van der Waals surface area contributed by atoms with Gasteiger partial charge in [0, 0.05) is 18.8 Å². The molecule has 96 valence electrons. The molecule has 1 aliphatic rings. The second-order valence-electron chi connectivity index (χ2n) is 5.61. The lowest BCUT2D eigenvalue weighted by Crippen LogP contribution is -2.21. The van der Waals surface area contributed by atoms with E-state index in [2.05, 4.69) is 23.4 Å². The predicted molar refractivity (Wildman–Crippen MR) is 70.6 cm³/mol. The van der Waals surface area contributed by atoms with E-state index in [1.54, 1.807) is 0 Å². The summed E-state index contributed by atoms with van der Waals surface area (Å²) in [6.45, 7) is 5.60. The van der Waals surface area contributed by atoms with Crippen molar-refractivity contribution >= 4 is 0 Å². The van der Waals surface area contributed by atoms with Crippen molar-refractivity contribution in [3.05, 3.63) is 18.2 Å². The molecule has 0 aliphatic heterocycles. The molecule has 2 rings (SSSR count). The first-order chi connectivity index (χ1) is 8.20. The molecule has 1 heterocycles. The van der Waals surface area contributed by atoms with Crippen molar-refractivity contribution in [2.45, 2.75) is 58.5 Å². The summed E-state index contributed by atoms with van der Waals surface area (Å²) in [4.78, 5) is 4.25. The molecule has 3 heteroatoms. The van der Waals surface area contributed by atoms with E-state index in [-0.39, 0.29) is 6.04 Å². The molecule has 1 aromatic heterocycles. The Morgan fingerprint density at radius 2 is 2.12 bits per heavy atom. The van der Waals surface area contributed by atoms with E-state index in [9.17, 15) is 0 Å². The third-order valence-corrected chi connectivity index (χ3v) is 4.15. The lowest BCUT2D eigenvalue weighted by atomic mass is 9.83. The zero-order valence-electron chi connectivity index (χ0n) is 11.1. The van der Waals surface area contributed by atoms with Gasteiger partial charge in [0.1, 0.15) is 0 Å². The fourth-order valence-corrected chi connectivity index (χ4v) is 2.79. The van der Waals surface area contributed by atoms with Crippen LogP contribution in [-0.2, 0) is 6.54 Å². The van der Waals surface area contributed by atoms with E-state index < -0.39 is 0 Å². The van der Waals surface area contributed by atoms with Gasteiger partial charge in [0.2, 0.25) is 0 Å². The quantitative estimate of drug-likeness (QED) is 0.871. The molecule has 2 N–H and O–H groups in total. The van der Waals surface area contributed by atoms with Crippen LogP contribution >= 0.6 is 0 Å². The molecule has 0 amide bonds. The van der Waals surface area contributed by atoms with E-state index in [1.165, 1.54) is 31.4 Å². The molecule has 3 nitrogen and oxygen atoms in total. The molecular formula is C14H25N3. The third-order valence-electron chi connectivity index (χ3n) is 4.15. The van der Waals surface area contributed by atoms with Gasteiger partial charge in [-0.2, -0.15) is 0 Å². The van der Waals surface area contributed by atoms with Gasteiger partial charge >= 0.3 is 0 Å². The standard InChI is InChI=1S/C14H25N3/c1-3-13(15)14-8-16-10-17(14)9-12-6-4-11(2)5-7-12/h8,10-13H,3-7,9,15H2,1-2H3/t11?,12?,13-/m1/s1. The van der Waals surface area contributed by atoms with Gasteiger partial charge in [-0.05, 0) is 31.1 Å². The Hall–Kier alpha value is -0.830. The van der Waals surface area contributed by atoms with Crippen LogP contribution < -0.4 is 5.73 Å². The van der Waals surface area contributed by atoms with Gasteiger partial charge in [0.05, 0.1) is 12.0 Å². The van der Waals surface area contributed by atoms with Crippen LogP contribution in [0, 0.1) is 11.8 Å². The highest BCUT2D eigenvalue weighted by atomic mass is 15.1. The molecule has 0 bridgehead atoms. The van der Waals surface area contributed by atoms with Crippen LogP contribution in [0.15, 0.2) is 12.5 Å². The van der Waals surface area contributed by atoms with Crippen molar-refractivity contribution < 1.29 is 0 Å². The van der Waals surface area contributed by atoms with Crippen LogP contribution in [0.25, 0.3) is 0 Å². The first kappa shape index (κ1) is 12.6. The number of hydrogen-bond acceptors (Lipinski definition) is 2. The largest absolute Gasteiger partial charge is 0.333 e. The maximum absolute atomic E-state index is 6.11. The number of nitrogens with two attached hydrogens (primary N) is 1. The van der Waals surface area contributed by atoms with Gasteiger partial charge in [-0.1, -0.05) is 26.7 Å². The number of nitrogens with zero attached hydrogens (tertiary/aromatic N) is 2. The van der Waals surface area contributed by atoms with Crippen molar-refractivity contribution in [2.75, 3.05) is 0 Å². The predicted octanol–water partition coefficient (Wildman–Crippen LogP) is 3.12. The fourth-order valence-electron chi connectivity index (χ4n) is 2.79. The highest BCUT2D eigenvalue weighted by molar-refractivity contribution is 5.04. The minimum atomic E-state index is 0.139. The molecule has 0 radical (unpaired) electrons. The summed E-state index contributed by atoms with van der Waals surface area (Å²) < 4.78 is 2.27. The molecule has 1 aromatic rings. The average Bonchev–Trinajstić information content (AvgIpc) is 2.79. The van der Waals surface area contributed by atoms with Gasteiger partial charge in [-0.25, -0.2) is 4.98 Å².